The van der Waals surface area contributed by atoms with Gasteiger partial charge in [0.1, 0.15) is 5.75 Å². The number of aliphatic hydroxyl groups is 2. The van der Waals surface area contributed by atoms with Crippen molar-refractivity contribution < 1.29 is 25.2 Å². The first kappa shape index (κ1) is 45.7. The number of aromatic hydroxyl groups is 1. The fraction of sp³-hybridized carbons (Fsp3) is 0.500. The summed E-state index contributed by atoms with van der Waals surface area (Å²) >= 11 is 0. The van der Waals surface area contributed by atoms with Crippen LogP contribution in [-0.4, -0.2) is 38.6 Å². The van der Waals surface area contributed by atoms with Crippen molar-refractivity contribution in [2.45, 2.75) is 135 Å². The van der Waals surface area contributed by atoms with Crippen molar-refractivity contribution in [3.8, 4) is 28.7 Å². The minimum atomic E-state index is -0.776. The molecule has 3 aromatic carbocycles. The van der Waals surface area contributed by atoms with Gasteiger partial charge in [0.15, 0.2) is 0 Å². The molecule has 5 bridgehead atoms. The Morgan fingerprint density at radius 3 is 2.54 bits per heavy atom. The minimum Gasteiger partial charge on any atom is -0.508 e. The Balaban J connectivity index is 0.976. The van der Waals surface area contributed by atoms with E-state index in [1.807, 2.05) is 12.1 Å². The van der Waals surface area contributed by atoms with Crippen molar-refractivity contribution in [2.24, 2.45) is 68.5 Å². The highest BCUT2D eigenvalue weighted by Crippen LogP contribution is 2.81. The second-order valence-electron chi connectivity index (χ2n) is 25.0. The number of allylic oxidation sites excluding steroid dienone is 8. The first-order valence-corrected chi connectivity index (χ1v) is 27.5. The van der Waals surface area contributed by atoms with Gasteiger partial charge in [-0.15, -0.1) is 5.92 Å². The Kier molecular flexibility index (Phi) is 10.4. The van der Waals surface area contributed by atoms with Crippen LogP contribution in [0.5, 0.6) is 5.75 Å². The van der Waals surface area contributed by atoms with Crippen molar-refractivity contribution in [3.63, 3.8) is 0 Å². The monoisotopic (exact) mass is 945 g/mol. The average molecular weight is 945 g/mol. The van der Waals surface area contributed by atoms with Crippen LogP contribution in [0.2, 0.25) is 0 Å². The zero-order valence-corrected chi connectivity index (χ0v) is 42.1. The number of phenols is 1. The molecule has 0 spiro atoms. The summed E-state index contributed by atoms with van der Waals surface area (Å²) in [5, 5.41) is 49.5. The lowest BCUT2D eigenvalue weighted by molar-refractivity contribution is -0.166. The topological polar surface area (TPSA) is 98.0 Å². The van der Waals surface area contributed by atoms with Gasteiger partial charge in [-0.1, -0.05) is 154 Å². The predicted molar refractivity (Wildman–Crippen MR) is 283 cm³/mol. The van der Waals surface area contributed by atoms with Gasteiger partial charge in [0.25, 0.3) is 0 Å². The maximum absolute atomic E-state index is 13.7. The van der Waals surface area contributed by atoms with E-state index >= 15 is 0 Å². The Bertz CT molecular complexity index is 3090. The van der Waals surface area contributed by atoms with E-state index in [0.717, 1.165) is 43.2 Å². The number of aliphatic hydroxyl groups excluding tert-OH is 2. The van der Waals surface area contributed by atoms with Gasteiger partial charge in [0.05, 0.1) is 18.1 Å². The predicted octanol–water partition coefficient (Wildman–Crippen LogP) is 12.2. The molecular formula is C66H72O5. The normalized spacial score (nSPS) is 38.6. The molecule has 0 aliphatic heterocycles. The van der Waals surface area contributed by atoms with Gasteiger partial charge in [-0.05, 0) is 161 Å². The molecule has 14 unspecified atom stereocenters. The first-order valence-electron chi connectivity index (χ1n) is 27.5. The highest BCUT2D eigenvalue weighted by molar-refractivity contribution is 5.83. The quantitative estimate of drug-likeness (QED) is 0.133. The highest BCUT2D eigenvalue weighted by Gasteiger charge is 2.75. The third kappa shape index (κ3) is 6.29. The van der Waals surface area contributed by atoms with Crippen LogP contribution in [0.4, 0.5) is 0 Å². The maximum atomic E-state index is 13.7. The number of phenolic OH excluding ortho intramolecular Hbond substituents is 1. The van der Waals surface area contributed by atoms with Crippen LogP contribution < -0.4 is 10.4 Å². The van der Waals surface area contributed by atoms with E-state index in [9.17, 15) is 25.2 Å². The molecule has 13 rings (SSSR count). The summed E-state index contributed by atoms with van der Waals surface area (Å²) in [5.74, 6) is 7.34. The van der Waals surface area contributed by atoms with E-state index in [4.69, 9.17) is 0 Å². The van der Waals surface area contributed by atoms with E-state index in [0.29, 0.717) is 43.9 Å². The van der Waals surface area contributed by atoms with Gasteiger partial charge in [0.2, 0.25) is 0 Å². The van der Waals surface area contributed by atoms with E-state index in [-0.39, 0.29) is 40.8 Å². The summed E-state index contributed by atoms with van der Waals surface area (Å²) < 4.78 is 0. The van der Waals surface area contributed by atoms with E-state index in [1.54, 1.807) is 17.7 Å². The zero-order chi connectivity index (χ0) is 48.8. The minimum absolute atomic E-state index is 0.0431. The molecule has 0 amide bonds. The molecule has 3 saturated carbocycles. The Labute approximate surface area is 421 Å². The van der Waals surface area contributed by atoms with E-state index < -0.39 is 45.8 Å². The van der Waals surface area contributed by atoms with Gasteiger partial charge in [0, 0.05) is 46.3 Å². The van der Waals surface area contributed by atoms with Crippen LogP contribution >= 0.6 is 0 Å². The maximum Gasteiger partial charge on any atom is 0.306 e. The fourth-order valence-electron chi connectivity index (χ4n) is 18.9. The fourth-order valence-corrected chi connectivity index (χ4v) is 18.9. The molecule has 0 radical (unpaired) electrons. The largest absolute Gasteiger partial charge is 0.508 e. The summed E-state index contributed by atoms with van der Waals surface area (Å²) in [6.07, 6.45) is 27.4. The zero-order valence-electron chi connectivity index (χ0n) is 42.1. The van der Waals surface area contributed by atoms with Crippen molar-refractivity contribution in [3.05, 3.63) is 141 Å². The molecule has 0 heterocycles. The van der Waals surface area contributed by atoms with Crippen LogP contribution in [0.25, 0.3) is 28.9 Å². The van der Waals surface area contributed by atoms with Gasteiger partial charge >= 0.3 is 5.97 Å². The van der Waals surface area contributed by atoms with E-state index in [1.165, 1.54) is 76.0 Å². The molecule has 5 nitrogen and oxygen atoms in total. The number of hydrogen-bond acceptors (Lipinski definition) is 4. The van der Waals surface area contributed by atoms with Gasteiger partial charge in [-0.2, -0.15) is 0 Å². The molecule has 71 heavy (non-hydrogen) atoms. The summed E-state index contributed by atoms with van der Waals surface area (Å²) in [6.45, 7) is 11.7. The summed E-state index contributed by atoms with van der Waals surface area (Å²) in [7, 11) is 0. The molecule has 0 aromatic heterocycles. The van der Waals surface area contributed by atoms with Crippen LogP contribution in [0.15, 0.2) is 120 Å². The number of benzene rings is 3. The number of carboxylic acids is 1. The standard InChI is InChI=1S/C66H72O5/c1-39(40(2)41-12-6-5-7-13-41)17-26-49(60(70)71)59-55(68)38-63(4)54-37-64-29-11-31-65-30-10-15-44-20-18-43-19-21-45(42-22-24-47(67)25-23-42)34-50(43)57(44)58-48-16-9-8-14-46(48)35-53(51(58)36-64)66(61(64)65,33-28-56(65)69)52(54)27-32-62(59,63)3/h8-9,11,14,16,18-25,29,34-36,40-41,44,49,53,55-57,59,61,67-69H,1,5-7,12-13,17,26-28,30-33,37-38H2,2-4H3,(H,70,71). The second kappa shape index (κ2) is 16.2. The molecule has 3 fully saturated rings. The van der Waals surface area contributed by atoms with Gasteiger partial charge < -0.3 is 20.4 Å². The second-order valence-corrected chi connectivity index (χ2v) is 25.0. The highest BCUT2D eigenvalue weighted by atomic mass is 16.4. The Morgan fingerprint density at radius 1 is 0.944 bits per heavy atom. The summed E-state index contributed by atoms with van der Waals surface area (Å²) in [4.78, 5) is 13.7. The molecule has 10 aliphatic rings. The molecule has 4 N–H and O–H groups in total. The van der Waals surface area contributed by atoms with Gasteiger partial charge in [-0.25, -0.2) is 0 Å². The van der Waals surface area contributed by atoms with Crippen LogP contribution in [0, 0.1) is 80.3 Å². The number of rotatable bonds is 8. The summed E-state index contributed by atoms with van der Waals surface area (Å²) in [6, 6.07) is 23.5. The van der Waals surface area contributed by atoms with Crippen LogP contribution in [-0.2, 0) is 4.79 Å². The lowest BCUT2D eigenvalue weighted by Gasteiger charge is -2.73. The molecule has 366 valence electrons. The van der Waals surface area contributed by atoms with Crippen molar-refractivity contribution in [1.29, 1.82) is 0 Å². The van der Waals surface area contributed by atoms with Crippen LogP contribution in [0.1, 0.15) is 134 Å². The Morgan fingerprint density at radius 2 is 1.73 bits per heavy atom. The third-order valence-electron chi connectivity index (χ3n) is 22.3. The SMILES string of the molecule is C=C(CCC(C(=O)O)C1C(O)CC2(C)C3=C(CCC12C)C12CCC(O)C45CC#CC6C=Cc7ccc(-c8ccc(O)cc8)cc7C6C6=c7ccccc7=CC1C6=CC(C=CC4)(C3)C52)C(C)C1CCCCC1. The molecule has 3 aromatic rings. The Hall–Kier alpha value is -5.15. The lowest BCUT2D eigenvalue weighted by atomic mass is 9.31. The summed E-state index contributed by atoms with van der Waals surface area (Å²) in [5.41, 5.74) is 9.68. The van der Waals surface area contributed by atoms with Gasteiger partial charge in [-0.3, -0.25) is 4.79 Å². The number of carboxylic acid groups (broad SMARTS) is 1. The number of fused-ring (bicyclic) bond motifs is 7. The number of carbonyl (C=O) groups is 1. The average Bonchev–Trinajstić information content (AvgIpc) is 3.57. The third-order valence-corrected chi connectivity index (χ3v) is 22.3. The van der Waals surface area contributed by atoms with Crippen LogP contribution in [0.3, 0.4) is 0 Å². The number of hydrogen-bond donors (Lipinski definition) is 4. The van der Waals surface area contributed by atoms with Crippen molar-refractivity contribution in [2.75, 3.05) is 0 Å². The molecule has 0 saturated heterocycles. The van der Waals surface area contributed by atoms with Crippen molar-refractivity contribution in [1.82, 2.24) is 0 Å². The molecule has 5 heteroatoms. The first-order chi connectivity index (χ1) is 34.2. The number of aliphatic carboxylic acids is 1. The molecule has 14 atom stereocenters. The van der Waals surface area contributed by atoms with E-state index in [2.05, 4.69) is 118 Å². The molecular weight excluding hydrogens is 873 g/mol. The van der Waals surface area contributed by atoms with Crippen molar-refractivity contribution >= 4 is 23.7 Å². The molecule has 10 aliphatic carbocycles. The smallest absolute Gasteiger partial charge is 0.306 e. The lowest BCUT2D eigenvalue weighted by Crippen LogP contribution is -2.68.